The number of thiazole rings is 1. The number of amides is 1. The zero-order valence-electron chi connectivity index (χ0n) is 9.81. The van der Waals surface area contributed by atoms with E-state index in [1.165, 1.54) is 24.2 Å². The first-order valence-corrected chi connectivity index (χ1v) is 6.52. The second kappa shape index (κ2) is 6.33. The van der Waals surface area contributed by atoms with E-state index in [-0.39, 0.29) is 24.4 Å². The maximum atomic E-state index is 11.8. The van der Waals surface area contributed by atoms with E-state index >= 15 is 0 Å². The van der Waals surface area contributed by atoms with Crippen LogP contribution in [0.15, 0.2) is 5.38 Å². The average Bonchev–Trinajstić information content (AvgIpc) is 2.93. The molecule has 17 heavy (non-hydrogen) atoms. The predicted octanol–water partition coefficient (Wildman–Crippen LogP) is 1.94. The number of hydrogen-bond donors (Lipinski definition) is 2. The summed E-state index contributed by atoms with van der Waals surface area (Å²) in [6.45, 7) is 2.45. The maximum Gasteiger partial charge on any atom is 0.270 e. The van der Waals surface area contributed by atoms with Crippen molar-refractivity contribution in [2.75, 3.05) is 0 Å². The molecule has 6 heteroatoms. The van der Waals surface area contributed by atoms with Crippen LogP contribution in [0.3, 0.4) is 0 Å². The van der Waals surface area contributed by atoms with Crippen molar-refractivity contribution in [2.24, 2.45) is 11.7 Å². The number of nitrogens with zero attached hydrogens (tertiary/aromatic N) is 1. The number of carbonyl (C=O) groups excluding carboxylic acids is 1. The molecule has 1 unspecified atom stereocenters. The normalized spacial score (nSPS) is 16.1. The quantitative estimate of drug-likeness (QED) is 0.863. The summed E-state index contributed by atoms with van der Waals surface area (Å²) >= 11 is 1.43. The highest BCUT2D eigenvalue weighted by atomic mass is 35.5. The van der Waals surface area contributed by atoms with Crippen molar-refractivity contribution >= 4 is 29.7 Å². The monoisotopic (exact) mass is 275 g/mol. The minimum Gasteiger partial charge on any atom is -0.348 e. The maximum absolute atomic E-state index is 11.8. The van der Waals surface area contributed by atoms with Gasteiger partial charge in [-0.15, -0.1) is 23.7 Å². The van der Waals surface area contributed by atoms with Gasteiger partial charge in [0.15, 0.2) is 0 Å². The van der Waals surface area contributed by atoms with E-state index in [0.29, 0.717) is 12.2 Å². The molecular formula is C11H18ClN3OS. The molecule has 1 aromatic heterocycles. The van der Waals surface area contributed by atoms with Gasteiger partial charge in [0.1, 0.15) is 10.7 Å². The number of aromatic nitrogens is 1. The van der Waals surface area contributed by atoms with Crippen LogP contribution in [-0.4, -0.2) is 16.9 Å². The molecule has 1 aromatic rings. The molecule has 0 bridgehead atoms. The lowest BCUT2D eigenvalue weighted by Gasteiger charge is -2.11. The molecule has 2 rings (SSSR count). The summed E-state index contributed by atoms with van der Waals surface area (Å²) in [5.74, 6) is 0.745. The molecule has 1 aliphatic rings. The molecule has 0 radical (unpaired) electrons. The van der Waals surface area contributed by atoms with Gasteiger partial charge in [-0.25, -0.2) is 4.98 Å². The number of nitrogens with two attached hydrogens (primary N) is 1. The summed E-state index contributed by atoms with van der Waals surface area (Å²) < 4.78 is 0. The fourth-order valence-corrected chi connectivity index (χ4v) is 2.37. The Bertz CT molecular complexity index is 379. The van der Waals surface area contributed by atoms with Crippen LogP contribution in [0.1, 0.15) is 41.7 Å². The lowest BCUT2D eigenvalue weighted by molar-refractivity contribution is 0.0933. The third-order valence-corrected chi connectivity index (χ3v) is 3.59. The molecule has 1 saturated carbocycles. The Labute approximate surface area is 111 Å². The van der Waals surface area contributed by atoms with Crippen molar-refractivity contribution in [1.29, 1.82) is 0 Å². The molecule has 4 nitrogen and oxygen atoms in total. The van der Waals surface area contributed by atoms with Gasteiger partial charge in [-0.2, -0.15) is 0 Å². The standard InChI is InChI=1S/C11H17N3OS.ClH/c1-7(4-8-2-3-8)13-11(15)9-6-16-10(5-12)14-9;/h6-8H,2-5,12H2,1H3,(H,13,15);1H. The summed E-state index contributed by atoms with van der Waals surface area (Å²) in [7, 11) is 0. The minimum absolute atomic E-state index is 0. The largest absolute Gasteiger partial charge is 0.348 e. The first-order chi connectivity index (χ1) is 7.69. The smallest absolute Gasteiger partial charge is 0.270 e. The zero-order valence-corrected chi connectivity index (χ0v) is 11.4. The average molecular weight is 276 g/mol. The molecule has 0 saturated heterocycles. The molecule has 96 valence electrons. The highest BCUT2D eigenvalue weighted by molar-refractivity contribution is 7.09. The molecule has 1 fully saturated rings. The molecule has 1 aliphatic carbocycles. The molecule has 3 N–H and O–H groups in total. The van der Waals surface area contributed by atoms with E-state index in [4.69, 9.17) is 5.73 Å². The van der Waals surface area contributed by atoms with Crippen molar-refractivity contribution in [3.63, 3.8) is 0 Å². The number of nitrogens with one attached hydrogen (secondary N) is 1. The van der Waals surface area contributed by atoms with Gasteiger partial charge in [-0.3, -0.25) is 4.79 Å². The van der Waals surface area contributed by atoms with E-state index < -0.39 is 0 Å². The number of carbonyl (C=O) groups is 1. The van der Waals surface area contributed by atoms with Crippen LogP contribution < -0.4 is 11.1 Å². The molecular weight excluding hydrogens is 258 g/mol. The highest BCUT2D eigenvalue weighted by Gasteiger charge is 2.24. The Balaban J connectivity index is 0.00000144. The minimum atomic E-state index is -0.0795. The molecule has 0 spiro atoms. The fraction of sp³-hybridized carbons (Fsp3) is 0.636. The Morgan fingerprint density at radius 3 is 2.94 bits per heavy atom. The van der Waals surface area contributed by atoms with Gasteiger partial charge in [-0.1, -0.05) is 12.8 Å². The van der Waals surface area contributed by atoms with Crippen molar-refractivity contribution in [3.8, 4) is 0 Å². The SMILES string of the molecule is CC(CC1CC1)NC(=O)c1csc(CN)n1.Cl. The van der Waals surface area contributed by atoms with Crippen LogP contribution in [0.5, 0.6) is 0 Å². The van der Waals surface area contributed by atoms with Crippen LogP contribution in [0, 0.1) is 5.92 Å². The van der Waals surface area contributed by atoms with Gasteiger partial charge in [0.05, 0.1) is 0 Å². The number of hydrogen-bond acceptors (Lipinski definition) is 4. The van der Waals surface area contributed by atoms with Gasteiger partial charge < -0.3 is 11.1 Å². The van der Waals surface area contributed by atoms with E-state index in [0.717, 1.165) is 17.3 Å². The first-order valence-electron chi connectivity index (χ1n) is 5.64. The van der Waals surface area contributed by atoms with E-state index in [2.05, 4.69) is 10.3 Å². The fourth-order valence-electron chi connectivity index (χ4n) is 1.72. The lowest BCUT2D eigenvalue weighted by Crippen LogP contribution is -2.33. The molecule has 0 aromatic carbocycles. The van der Waals surface area contributed by atoms with Crippen LogP contribution in [0.4, 0.5) is 0 Å². The van der Waals surface area contributed by atoms with Crippen molar-refractivity contribution in [3.05, 3.63) is 16.1 Å². The Hall–Kier alpha value is -0.650. The van der Waals surface area contributed by atoms with Crippen LogP contribution in [-0.2, 0) is 6.54 Å². The summed E-state index contributed by atoms with van der Waals surface area (Å²) in [5.41, 5.74) is 5.95. The van der Waals surface area contributed by atoms with Crippen molar-refractivity contribution in [1.82, 2.24) is 10.3 Å². The molecule has 1 atom stereocenters. The second-order valence-corrected chi connectivity index (χ2v) is 5.33. The van der Waals surface area contributed by atoms with Crippen LogP contribution in [0.2, 0.25) is 0 Å². The van der Waals surface area contributed by atoms with Crippen LogP contribution >= 0.6 is 23.7 Å². The molecule has 1 amide bonds. The van der Waals surface area contributed by atoms with Gasteiger partial charge in [-0.05, 0) is 19.3 Å². The van der Waals surface area contributed by atoms with E-state index in [1.54, 1.807) is 5.38 Å². The third kappa shape index (κ3) is 4.26. The summed E-state index contributed by atoms with van der Waals surface area (Å²) in [6, 6.07) is 0.239. The van der Waals surface area contributed by atoms with Crippen molar-refractivity contribution in [2.45, 2.75) is 38.8 Å². The second-order valence-electron chi connectivity index (χ2n) is 4.38. The lowest BCUT2D eigenvalue weighted by atomic mass is 10.1. The van der Waals surface area contributed by atoms with Crippen molar-refractivity contribution < 1.29 is 4.79 Å². The summed E-state index contributed by atoms with van der Waals surface area (Å²) in [5, 5.41) is 5.54. The van der Waals surface area contributed by atoms with Gasteiger partial charge in [0.2, 0.25) is 0 Å². The number of halogens is 1. The Kier molecular flexibility index (Phi) is 5.36. The van der Waals surface area contributed by atoms with Crippen LogP contribution in [0.25, 0.3) is 0 Å². The predicted molar refractivity (Wildman–Crippen MR) is 71.5 cm³/mol. The molecule has 0 aliphatic heterocycles. The Morgan fingerprint density at radius 1 is 1.71 bits per heavy atom. The first kappa shape index (κ1) is 14.4. The Morgan fingerprint density at radius 2 is 2.41 bits per heavy atom. The topological polar surface area (TPSA) is 68.0 Å². The highest BCUT2D eigenvalue weighted by Crippen LogP contribution is 2.33. The molecule has 1 heterocycles. The van der Waals surface area contributed by atoms with Gasteiger partial charge in [0.25, 0.3) is 5.91 Å². The summed E-state index contributed by atoms with van der Waals surface area (Å²) in [6.07, 6.45) is 3.71. The zero-order chi connectivity index (χ0) is 11.5. The summed E-state index contributed by atoms with van der Waals surface area (Å²) in [4.78, 5) is 15.9. The van der Waals surface area contributed by atoms with Gasteiger partial charge in [0, 0.05) is 18.0 Å². The van der Waals surface area contributed by atoms with E-state index in [9.17, 15) is 4.79 Å². The van der Waals surface area contributed by atoms with Gasteiger partial charge >= 0.3 is 0 Å². The number of rotatable bonds is 5. The third-order valence-electron chi connectivity index (χ3n) is 2.72. The van der Waals surface area contributed by atoms with E-state index in [1.807, 2.05) is 6.92 Å².